The van der Waals surface area contributed by atoms with Crippen molar-refractivity contribution >= 4 is 54.1 Å². The number of nitrogens with two attached hydrogens (primary N) is 1. The molecule has 0 saturated carbocycles. The molecular weight excluding hydrogens is 494 g/mol. The Bertz CT molecular complexity index is 1320. The number of nitrogens with zero attached hydrogens (tertiary/aromatic N) is 3. The van der Waals surface area contributed by atoms with Crippen LogP contribution in [0.3, 0.4) is 0 Å². The van der Waals surface area contributed by atoms with Crippen molar-refractivity contribution in [3.63, 3.8) is 0 Å². The molecule has 0 bridgehead atoms. The fourth-order valence-electron chi connectivity index (χ4n) is 3.32. The maximum absolute atomic E-state index is 13.2. The second kappa shape index (κ2) is 11.1. The molecule has 1 atom stereocenters. The van der Waals surface area contributed by atoms with E-state index in [0.29, 0.717) is 59.5 Å². The highest BCUT2D eigenvalue weighted by Crippen LogP contribution is 2.25. The van der Waals surface area contributed by atoms with Gasteiger partial charge in [-0.3, -0.25) is 10.1 Å². The van der Waals surface area contributed by atoms with Gasteiger partial charge < -0.3 is 20.0 Å². The summed E-state index contributed by atoms with van der Waals surface area (Å²) in [5, 5.41) is 7.13. The number of anilines is 2. The highest BCUT2D eigenvalue weighted by Gasteiger charge is 2.22. The number of sulfone groups is 1. The lowest BCUT2D eigenvalue weighted by molar-refractivity contribution is -0.110. The third-order valence-corrected chi connectivity index (χ3v) is 7.84. The highest BCUT2D eigenvalue weighted by molar-refractivity contribution is 7.91. The van der Waals surface area contributed by atoms with Crippen LogP contribution in [-0.2, 0) is 28.9 Å². The zero-order valence-electron chi connectivity index (χ0n) is 19.0. The molecule has 4 rings (SSSR count). The summed E-state index contributed by atoms with van der Waals surface area (Å²) in [5.74, 6) is -0.250. The number of fused-ring (bicyclic) bond motifs is 1. The number of methoxy groups -OCH3 is 1. The molecule has 0 unspecified atom stereocenters. The van der Waals surface area contributed by atoms with E-state index in [-0.39, 0.29) is 22.5 Å². The molecular formula is C22H25N5O6S2. The molecule has 2 aromatic heterocycles. The van der Waals surface area contributed by atoms with Crippen LogP contribution in [0.2, 0.25) is 0 Å². The first-order valence-corrected chi connectivity index (χ1v) is 13.3. The summed E-state index contributed by atoms with van der Waals surface area (Å²) >= 11 is 1.17. The Labute approximate surface area is 206 Å². The van der Waals surface area contributed by atoms with Crippen molar-refractivity contribution in [2.75, 3.05) is 43.7 Å². The summed E-state index contributed by atoms with van der Waals surface area (Å²) in [6, 6.07) is 9.29. The Balaban J connectivity index is 1.57. The van der Waals surface area contributed by atoms with Crippen molar-refractivity contribution in [2.24, 2.45) is 5.16 Å². The molecule has 0 aliphatic carbocycles. The standard InChI is InChI=1S/C22H25N5O6S2/c1-31-10-2-12-35(29,30)16-5-3-14(4-6-16)19(27-33-15-9-11-32-13-15)20(28)26-22-24-17-7-8-18(23)25-21(17)34-22/h3-8,15H,2,9-13H2,1H3,(H2,23,25)(H,24,26,28)/t15-/m1/s1. The predicted octanol–water partition coefficient (Wildman–Crippen LogP) is 2.23. The highest BCUT2D eigenvalue weighted by atomic mass is 32.2. The molecule has 3 heterocycles. The fraction of sp³-hybridized carbons (Fsp3) is 0.364. The van der Waals surface area contributed by atoms with E-state index < -0.39 is 15.7 Å². The number of nitrogens with one attached hydrogen (secondary N) is 1. The Morgan fingerprint density at radius 3 is 2.77 bits per heavy atom. The second-order valence-electron chi connectivity index (χ2n) is 7.75. The lowest BCUT2D eigenvalue weighted by atomic mass is 10.1. The van der Waals surface area contributed by atoms with Crippen LogP contribution in [0.4, 0.5) is 10.9 Å². The van der Waals surface area contributed by atoms with Crippen LogP contribution in [0.1, 0.15) is 18.4 Å². The number of benzene rings is 1. The maximum Gasteiger partial charge on any atom is 0.280 e. The predicted molar refractivity (Wildman–Crippen MR) is 132 cm³/mol. The average molecular weight is 520 g/mol. The van der Waals surface area contributed by atoms with E-state index in [1.165, 1.54) is 42.7 Å². The number of thiazole rings is 1. The van der Waals surface area contributed by atoms with E-state index in [1.54, 1.807) is 12.1 Å². The van der Waals surface area contributed by atoms with Gasteiger partial charge >= 0.3 is 0 Å². The van der Waals surface area contributed by atoms with Crippen LogP contribution in [0.15, 0.2) is 46.4 Å². The average Bonchev–Trinajstić information content (AvgIpc) is 3.49. The van der Waals surface area contributed by atoms with Gasteiger partial charge in [0.25, 0.3) is 5.91 Å². The number of nitrogen functional groups attached to an aromatic ring is 1. The van der Waals surface area contributed by atoms with E-state index in [2.05, 4.69) is 20.4 Å². The quantitative estimate of drug-likeness (QED) is 0.233. The summed E-state index contributed by atoms with van der Waals surface area (Å²) in [6.45, 7) is 1.28. The first-order chi connectivity index (χ1) is 16.9. The lowest BCUT2D eigenvalue weighted by Crippen LogP contribution is -2.25. The van der Waals surface area contributed by atoms with Gasteiger partial charge in [0.05, 0.1) is 23.9 Å². The van der Waals surface area contributed by atoms with Crippen LogP contribution in [0.25, 0.3) is 10.3 Å². The van der Waals surface area contributed by atoms with Gasteiger partial charge in [0, 0.05) is 25.7 Å². The van der Waals surface area contributed by atoms with Crippen LogP contribution < -0.4 is 11.1 Å². The number of oxime groups is 1. The van der Waals surface area contributed by atoms with Crippen LogP contribution >= 0.6 is 11.3 Å². The smallest absolute Gasteiger partial charge is 0.280 e. The van der Waals surface area contributed by atoms with Crippen molar-refractivity contribution in [1.29, 1.82) is 0 Å². The Morgan fingerprint density at radius 1 is 1.26 bits per heavy atom. The van der Waals surface area contributed by atoms with Crippen LogP contribution in [-0.4, -0.2) is 68.8 Å². The normalized spacial score (nSPS) is 16.5. The minimum atomic E-state index is -3.48. The largest absolute Gasteiger partial charge is 0.389 e. The minimum Gasteiger partial charge on any atom is -0.389 e. The Morgan fingerprint density at radius 2 is 2.06 bits per heavy atom. The summed E-state index contributed by atoms with van der Waals surface area (Å²) < 4.78 is 35.3. The van der Waals surface area contributed by atoms with E-state index in [1.807, 2.05) is 0 Å². The van der Waals surface area contributed by atoms with Crippen LogP contribution in [0.5, 0.6) is 0 Å². The molecule has 1 aliphatic heterocycles. The molecule has 1 fully saturated rings. The number of carbonyl (C=O) groups is 1. The number of ether oxygens (including phenoxy) is 2. The minimum absolute atomic E-state index is 0.0213. The van der Waals surface area contributed by atoms with Gasteiger partial charge in [-0.05, 0) is 30.7 Å². The third-order valence-electron chi connectivity index (χ3n) is 5.14. The van der Waals surface area contributed by atoms with Crippen molar-refractivity contribution in [1.82, 2.24) is 9.97 Å². The molecule has 13 heteroatoms. The number of carbonyl (C=O) groups excluding carboxylic acids is 1. The summed E-state index contributed by atoms with van der Waals surface area (Å²) in [6.07, 6.45) is 0.769. The molecule has 3 aromatic rings. The lowest BCUT2D eigenvalue weighted by Gasteiger charge is -2.10. The number of rotatable bonds is 10. The number of hydrogen-bond acceptors (Lipinski definition) is 11. The zero-order chi connectivity index (χ0) is 24.8. The molecule has 1 aliphatic rings. The van der Waals surface area contributed by atoms with Gasteiger partial charge in [0.1, 0.15) is 16.2 Å². The first kappa shape index (κ1) is 25.0. The van der Waals surface area contributed by atoms with Gasteiger partial charge in [-0.15, -0.1) is 0 Å². The summed E-state index contributed by atoms with van der Waals surface area (Å²) in [5.41, 5.74) is 6.69. The summed E-state index contributed by atoms with van der Waals surface area (Å²) in [4.78, 5) is 28.0. The van der Waals surface area contributed by atoms with Crippen molar-refractivity contribution in [2.45, 2.75) is 23.8 Å². The molecule has 0 spiro atoms. The van der Waals surface area contributed by atoms with Gasteiger partial charge in [-0.1, -0.05) is 28.6 Å². The van der Waals surface area contributed by atoms with Gasteiger partial charge in [0.2, 0.25) is 0 Å². The SMILES string of the molecule is COCCCS(=O)(=O)c1ccc(C(=NO[C@@H]2CCOC2)C(=O)Nc2nc3ccc(N)nc3s2)cc1. The molecule has 1 saturated heterocycles. The number of amides is 1. The molecule has 3 N–H and O–H groups in total. The van der Waals surface area contributed by atoms with E-state index in [4.69, 9.17) is 20.0 Å². The van der Waals surface area contributed by atoms with Crippen molar-refractivity contribution < 1.29 is 27.5 Å². The topological polar surface area (TPSA) is 155 Å². The molecule has 0 radical (unpaired) electrons. The van der Waals surface area contributed by atoms with Gasteiger partial charge in [-0.2, -0.15) is 0 Å². The van der Waals surface area contributed by atoms with E-state index >= 15 is 0 Å². The van der Waals surface area contributed by atoms with E-state index in [9.17, 15) is 13.2 Å². The van der Waals surface area contributed by atoms with Crippen LogP contribution in [0, 0.1) is 0 Å². The van der Waals surface area contributed by atoms with Crippen molar-refractivity contribution in [3.8, 4) is 0 Å². The molecule has 11 nitrogen and oxygen atoms in total. The summed E-state index contributed by atoms with van der Waals surface area (Å²) in [7, 11) is -1.96. The van der Waals surface area contributed by atoms with Crippen molar-refractivity contribution in [3.05, 3.63) is 42.0 Å². The molecule has 1 amide bonds. The zero-order valence-corrected chi connectivity index (χ0v) is 20.6. The fourth-order valence-corrected chi connectivity index (χ4v) is 5.45. The number of pyridine rings is 1. The first-order valence-electron chi connectivity index (χ1n) is 10.8. The molecule has 186 valence electrons. The number of aromatic nitrogens is 2. The van der Waals surface area contributed by atoms with Gasteiger partial charge in [-0.25, -0.2) is 18.4 Å². The Hall–Kier alpha value is -3.13. The van der Waals surface area contributed by atoms with E-state index in [0.717, 1.165) is 0 Å². The molecule has 35 heavy (non-hydrogen) atoms. The van der Waals surface area contributed by atoms with Gasteiger partial charge in [0.15, 0.2) is 26.8 Å². The molecule has 1 aromatic carbocycles. The monoisotopic (exact) mass is 519 g/mol. The number of hydrogen-bond donors (Lipinski definition) is 2. The Kier molecular flexibility index (Phi) is 7.90. The second-order valence-corrected chi connectivity index (χ2v) is 10.8. The third kappa shape index (κ3) is 6.31. The maximum atomic E-state index is 13.2.